The van der Waals surface area contributed by atoms with Gasteiger partial charge >= 0.3 is 0 Å². The minimum atomic E-state index is -0.340. The molecule has 3 heteroatoms. The van der Waals surface area contributed by atoms with Crippen LogP contribution in [0, 0.1) is 18.7 Å². The van der Waals surface area contributed by atoms with Crippen molar-refractivity contribution in [1.82, 2.24) is 0 Å². The highest BCUT2D eigenvalue weighted by molar-refractivity contribution is 9.09. The Bertz CT molecular complexity index is 566. The van der Waals surface area contributed by atoms with E-state index >= 15 is 0 Å². The Balaban J connectivity index is 2.04. The van der Waals surface area contributed by atoms with E-state index in [2.05, 4.69) is 47.1 Å². The smallest absolute Gasteiger partial charge is 0.142 e. The normalized spacial score (nSPS) is 12.4. The third-order valence-electron chi connectivity index (χ3n) is 3.37. The molecule has 0 bridgehead atoms. The van der Waals surface area contributed by atoms with Crippen LogP contribution in [0.5, 0.6) is 0 Å². The molecule has 0 saturated carbocycles. The van der Waals surface area contributed by atoms with Crippen LogP contribution in [0.3, 0.4) is 0 Å². The van der Waals surface area contributed by atoms with Gasteiger partial charge in [0.15, 0.2) is 0 Å². The molecule has 20 heavy (non-hydrogen) atoms. The summed E-state index contributed by atoms with van der Waals surface area (Å²) in [5.41, 5.74) is 3.57. The lowest BCUT2D eigenvalue weighted by Gasteiger charge is -2.14. The summed E-state index contributed by atoms with van der Waals surface area (Å²) >= 11 is 9.27. The second-order valence-electron chi connectivity index (χ2n) is 5.16. The second kappa shape index (κ2) is 7.24. The first-order valence-corrected chi connectivity index (χ1v) is 8.14. The van der Waals surface area contributed by atoms with Gasteiger partial charge in [-0.25, -0.2) is 4.39 Å². The van der Waals surface area contributed by atoms with Gasteiger partial charge in [-0.05, 0) is 48.9 Å². The Labute approximate surface area is 133 Å². The Morgan fingerprint density at radius 3 is 2.25 bits per heavy atom. The van der Waals surface area contributed by atoms with Crippen LogP contribution in [0.1, 0.15) is 16.7 Å². The van der Waals surface area contributed by atoms with Crippen molar-refractivity contribution < 1.29 is 4.39 Å². The Kier molecular flexibility index (Phi) is 5.62. The minimum absolute atomic E-state index is 0.183. The summed E-state index contributed by atoms with van der Waals surface area (Å²) in [6.45, 7) is 2.09. The summed E-state index contributed by atoms with van der Waals surface area (Å²) in [4.78, 5) is 0. The molecule has 0 aliphatic heterocycles. The molecule has 2 aromatic rings. The monoisotopic (exact) mass is 354 g/mol. The molecule has 0 heterocycles. The molecule has 0 aliphatic carbocycles. The number of alkyl halides is 1. The van der Waals surface area contributed by atoms with Gasteiger partial charge in [0.1, 0.15) is 5.82 Å². The van der Waals surface area contributed by atoms with E-state index in [1.165, 1.54) is 17.2 Å². The number of aryl methyl sites for hydroxylation is 1. The van der Waals surface area contributed by atoms with Crippen LogP contribution in [0.15, 0.2) is 42.5 Å². The Morgan fingerprint density at radius 1 is 1.05 bits per heavy atom. The molecule has 1 atom stereocenters. The number of hydrogen-bond donors (Lipinski definition) is 0. The summed E-state index contributed by atoms with van der Waals surface area (Å²) < 4.78 is 13.5. The van der Waals surface area contributed by atoms with Crippen LogP contribution >= 0.6 is 27.5 Å². The van der Waals surface area contributed by atoms with Gasteiger partial charge in [0.05, 0.1) is 5.02 Å². The average molecular weight is 356 g/mol. The number of halogens is 3. The summed E-state index contributed by atoms with van der Waals surface area (Å²) in [7, 11) is 0. The SMILES string of the molecule is Cc1ccc(CC(CBr)Cc2ccc(Cl)c(F)c2)cc1. The van der Waals surface area contributed by atoms with Crippen molar-refractivity contribution in [2.45, 2.75) is 19.8 Å². The van der Waals surface area contributed by atoms with E-state index in [1.807, 2.05) is 6.07 Å². The van der Waals surface area contributed by atoms with Crippen LogP contribution < -0.4 is 0 Å². The van der Waals surface area contributed by atoms with Gasteiger partial charge in [0.2, 0.25) is 0 Å². The summed E-state index contributed by atoms with van der Waals surface area (Å²) in [5.74, 6) is 0.103. The minimum Gasteiger partial charge on any atom is -0.205 e. The lowest BCUT2D eigenvalue weighted by molar-refractivity contribution is 0.582. The predicted molar refractivity (Wildman–Crippen MR) is 87.3 cm³/mol. The van der Waals surface area contributed by atoms with Crippen molar-refractivity contribution in [3.05, 3.63) is 70.0 Å². The first-order chi connectivity index (χ1) is 9.58. The third-order valence-corrected chi connectivity index (χ3v) is 4.59. The van der Waals surface area contributed by atoms with Crippen LogP contribution in [-0.2, 0) is 12.8 Å². The van der Waals surface area contributed by atoms with Crippen LogP contribution in [-0.4, -0.2) is 5.33 Å². The lowest BCUT2D eigenvalue weighted by atomic mass is 9.94. The fourth-order valence-corrected chi connectivity index (χ4v) is 2.81. The van der Waals surface area contributed by atoms with Crippen LogP contribution in [0.25, 0.3) is 0 Å². The largest absolute Gasteiger partial charge is 0.205 e. The van der Waals surface area contributed by atoms with E-state index in [0.717, 1.165) is 23.7 Å². The molecule has 0 amide bonds. The summed E-state index contributed by atoms with van der Waals surface area (Å²) in [6.07, 6.45) is 1.82. The quantitative estimate of drug-likeness (QED) is 0.614. The molecule has 1 unspecified atom stereocenters. The van der Waals surface area contributed by atoms with Gasteiger partial charge in [-0.3, -0.25) is 0 Å². The van der Waals surface area contributed by atoms with Gasteiger partial charge < -0.3 is 0 Å². The highest BCUT2D eigenvalue weighted by atomic mass is 79.9. The van der Waals surface area contributed by atoms with Crippen LogP contribution in [0.2, 0.25) is 5.02 Å². The molecule has 0 fully saturated rings. The van der Waals surface area contributed by atoms with E-state index in [-0.39, 0.29) is 10.8 Å². The van der Waals surface area contributed by atoms with Gasteiger partial charge in [-0.2, -0.15) is 0 Å². The molecule has 2 aromatic carbocycles. The van der Waals surface area contributed by atoms with E-state index in [9.17, 15) is 4.39 Å². The molecule has 0 radical (unpaired) electrons. The van der Waals surface area contributed by atoms with Crippen molar-refractivity contribution in [3.8, 4) is 0 Å². The van der Waals surface area contributed by atoms with Gasteiger partial charge in [0, 0.05) is 5.33 Å². The lowest BCUT2D eigenvalue weighted by Crippen LogP contribution is -2.10. The molecule has 0 saturated heterocycles. The Hall–Kier alpha value is -0.860. The molecular weight excluding hydrogens is 339 g/mol. The molecule has 0 N–H and O–H groups in total. The fourth-order valence-electron chi connectivity index (χ4n) is 2.24. The molecule has 0 aromatic heterocycles. The molecular formula is C17H17BrClF. The Morgan fingerprint density at radius 2 is 1.65 bits per heavy atom. The van der Waals surface area contributed by atoms with E-state index in [4.69, 9.17) is 11.6 Å². The predicted octanol–water partition coefficient (Wildman–Crippen LogP) is 5.58. The molecule has 106 valence electrons. The van der Waals surface area contributed by atoms with E-state index < -0.39 is 0 Å². The zero-order valence-corrected chi connectivity index (χ0v) is 13.7. The van der Waals surface area contributed by atoms with Crippen molar-refractivity contribution in [2.75, 3.05) is 5.33 Å². The maximum absolute atomic E-state index is 13.5. The average Bonchev–Trinajstić information content (AvgIpc) is 2.44. The van der Waals surface area contributed by atoms with Crippen molar-refractivity contribution in [1.29, 1.82) is 0 Å². The topological polar surface area (TPSA) is 0 Å². The first-order valence-electron chi connectivity index (χ1n) is 6.64. The fraction of sp³-hybridized carbons (Fsp3) is 0.294. The molecule has 0 aliphatic rings. The van der Waals surface area contributed by atoms with E-state index in [1.54, 1.807) is 6.07 Å². The second-order valence-corrected chi connectivity index (χ2v) is 6.22. The highest BCUT2D eigenvalue weighted by Gasteiger charge is 2.11. The maximum atomic E-state index is 13.5. The molecule has 2 rings (SSSR count). The maximum Gasteiger partial charge on any atom is 0.142 e. The zero-order chi connectivity index (χ0) is 14.5. The first kappa shape index (κ1) is 15.5. The van der Waals surface area contributed by atoms with Crippen LogP contribution in [0.4, 0.5) is 4.39 Å². The summed E-state index contributed by atoms with van der Waals surface area (Å²) in [5, 5.41) is 1.08. The van der Waals surface area contributed by atoms with Crippen molar-refractivity contribution in [2.24, 2.45) is 5.92 Å². The van der Waals surface area contributed by atoms with Crippen molar-refractivity contribution in [3.63, 3.8) is 0 Å². The van der Waals surface area contributed by atoms with Crippen molar-refractivity contribution >= 4 is 27.5 Å². The van der Waals surface area contributed by atoms with E-state index in [0.29, 0.717) is 5.92 Å². The highest BCUT2D eigenvalue weighted by Crippen LogP contribution is 2.21. The number of benzene rings is 2. The summed E-state index contributed by atoms with van der Waals surface area (Å²) in [6, 6.07) is 13.6. The standard InChI is InChI=1S/C17H17BrClF/c1-12-2-4-13(5-3-12)8-15(11-18)9-14-6-7-16(19)17(20)10-14/h2-7,10,15H,8-9,11H2,1H3. The van der Waals surface area contributed by atoms with Gasteiger partial charge in [-0.15, -0.1) is 0 Å². The zero-order valence-electron chi connectivity index (χ0n) is 11.4. The number of rotatable bonds is 5. The van der Waals surface area contributed by atoms with Gasteiger partial charge in [-0.1, -0.05) is 63.4 Å². The number of hydrogen-bond acceptors (Lipinski definition) is 0. The third kappa shape index (κ3) is 4.32. The molecule has 0 nitrogen and oxygen atoms in total. The van der Waals surface area contributed by atoms with Gasteiger partial charge in [0.25, 0.3) is 0 Å². The molecule has 0 spiro atoms.